The van der Waals surface area contributed by atoms with E-state index in [2.05, 4.69) is 27.7 Å². The number of carbonyl (C=O) groups excluding carboxylic acids is 1. The highest BCUT2D eigenvalue weighted by molar-refractivity contribution is 5.85. The van der Waals surface area contributed by atoms with Crippen LogP contribution in [0, 0.1) is 0 Å². The Kier molecular flexibility index (Phi) is 6.97. The lowest BCUT2D eigenvalue weighted by Gasteiger charge is -2.53. The molecule has 2 saturated heterocycles. The van der Waals surface area contributed by atoms with Gasteiger partial charge in [-0.1, -0.05) is 0 Å². The number of nitrogens with two attached hydrogens (primary N) is 1. The summed E-state index contributed by atoms with van der Waals surface area (Å²) in [5.41, 5.74) is 4.42. The van der Waals surface area contributed by atoms with Crippen LogP contribution in [-0.4, -0.2) is 48.2 Å². The zero-order valence-corrected chi connectivity index (χ0v) is 18.7. The number of nitrogens with zero attached hydrogens (tertiary/aromatic N) is 2. The Bertz CT molecular complexity index is 533. The van der Waals surface area contributed by atoms with E-state index in [9.17, 15) is 15.2 Å². The number of hydrogen-bond acceptors (Lipinski definition) is 4. The van der Waals surface area contributed by atoms with Gasteiger partial charge in [0.25, 0.3) is 0 Å². The van der Waals surface area contributed by atoms with Gasteiger partial charge in [0.2, 0.25) is 5.91 Å². The summed E-state index contributed by atoms with van der Waals surface area (Å²) < 4.78 is -0.233. The smallest absolute Gasteiger partial charge is 0.246 e. The van der Waals surface area contributed by atoms with E-state index >= 15 is 0 Å². The van der Waals surface area contributed by atoms with E-state index in [4.69, 9.17) is 5.73 Å². The molecule has 0 unspecified atom stereocenters. The largest absolute Gasteiger partial charge is 0.366 e. The van der Waals surface area contributed by atoms with Gasteiger partial charge in [0.1, 0.15) is 17.3 Å². The molecule has 0 spiro atoms. The van der Waals surface area contributed by atoms with Crippen molar-refractivity contribution in [3.63, 3.8) is 0 Å². The molecule has 2 aliphatic rings. The first kappa shape index (κ1) is 24.1. The monoisotopic (exact) mass is 384 g/mol. The highest BCUT2D eigenvalue weighted by Gasteiger charge is 2.56. The molecule has 0 bridgehead atoms. The molecule has 2 fully saturated rings. The van der Waals surface area contributed by atoms with Crippen molar-refractivity contribution in [2.24, 2.45) is 5.73 Å². The molecule has 0 atom stereocenters. The molecule has 1 amide bonds. The fraction of sp³-hybridized carbons (Fsp3) is 0.857. The summed E-state index contributed by atoms with van der Waals surface area (Å²) in [4.78, 5) is 10.8. The van der Waals surface area contributed by atoms with E-state index in [0.717, 1.165) is 32.1 Å². The molecule has 0 aromatic rings. The number of carbonyl (C=O) groups is 1. The van der Waals surface area contributed by atoms with Crippen LogP contribution >= 0.6 is 0 Å². The second-order valence-corrected chi connectivity index (χ2v) is 10.7. The van der Waals surface area contributed by atoms with Crippen molar-refractivity contribution in [2.45, 2.75) is 116 Å². The summed E-state index contributed by atoms with van der Waals surface area (Å²) in [7, 11) is 0. The molecule has 6 nitrogen and oxygen atoms in total. The van der Waals surface area contributed by atoms with Gasteiger partial charge in [-0.25, -0.2) is 5.21 Å². The summed E-state index contributed by atoms with van der Waals surface area (Å²) in [5, 5.41) is 22.1. The Morgan fingerprint density at radius 2 is 1.26 bits per heavy atom. The first-order valence-corrected chi connectivity index (χ1v) is 10.1. The molecule has 0 radical (unpaired) electrons. The molecule has 2 rings (SSSR count). The molecular weight excluding hydrogens is 342 g/mol. The molecule has 0 aromatic heterocycles. The van der Waals surface area contributed by atoms with Gasteiger partial charge in [-0.3, -0.25) is 4.79 Å². The lowest BCUT2D eigenvalue weighted by Crippen LogP contribution is -2.68. The molecule has 0 aromatic carbocycles. The van der Waals surface area contributed by atoms with E-state index in [-0.39, 0.29) is 26.8 Å². The van der Waals surface area contributed by atoms with Crippen LogP contribution in [0.2, 0.25) is 0 Å². The highest BCUT2D eigenvalue weighted by Crippen LogP contribution is 2.44. The molecule has 6 heteroatoms. The van der Waals surface area contributed by atoms with E-state index in [1.54, 1.807) is 0 Å². The normalized spacial score (nSPS) is 28.2. The second kappa shape index (κ2) is 7.82. The van der Waals surface area contributed by atoms with Crippen LogP contribution in [0.5, 0.6) is 0 Å². The summed E-state index contributed by atoms with van der Waals surface area (Å²) in [5.74, 6) is -0.524. The average molecular weight is 385 g/mol. The number of likely N-dealkylation sites (tertiary alicyclic amines) is 1. The SMILES string of the molecule is CC1(C)CCCC(C)(C)N1O.CC1(C)CCCC(C)(C)[N+]1(O)C=CC(N)=O. The van der Waals surface area contributed by atoms with Gasteiger partial charge < -0.3 is 10.9 Å². The van der Waals surface area contributed by atoms with Crippen molar-refractivity contribution in [3.05, 3.63) is 12.3 Å². The Morgan fingerprint density at radius 3 is 1.59 bits per heavy atom. The zero-order chi connectivity index (χ0) is 21.3. The third-order valence-corrected chi connectivity index (χ3v) is 6.60. The minimum Gasteiger partial charge on any atom is -0.366 e. The topological polar surface area (TPSA) is 86.8 Å². The van der Waals surface area contributed by atoms with Gasteiger partial charge in [-0.2, -0.15) is 5.06 Å². The molecule has 27 heavy (non-hydrogen) atoms. The van der Waals surface area contributed by atoms with Crippen molar-refractivity contribution in [1.29, 1.82) is 0 Å². The molecule has 2 heterocycles. The van der Waals surface area contributed by atoms with Crippen molar-refractivity contribution in [1.82, 2.24) is 5.06 Å². The average Bonchev–Trinajstić information content (AvgIpc) is 2.48. The Labute approximate surface area is 165 Å². The molecular formula is C21H42N3O3+. The number of hydrogen-bond donors (Lipinski definition) is 3. The number of quaternary nitrogens is 1. The standard InChI is InChI=1S/C12H22N2O2.C9H19NO/c1-11(2)7-5-8-12(3,4)14(11,16)9-6-10(13)15;1-8(2)6-5-7-9(3,4)10(8)11/h6,9,16H,5,7-8H2,1-4H3,(H-,13,15);11H,5-7H2,1-4H3/p+1. The number of primary amides is 1. The fourth-order valence-corrected chi connectivity index (χ4v) is 4.68. The van der Waals surface area contributed by atoms with Gasteiger partial charge in [0, 0.05) is 23.9 Å². The lowest BCUT2D eigenvalue weighted by molar-refractivity contribution is -1.14. The number of hydroxylamine groups is 5. The van der Waals surface area contributed by atoms with Crippen LogP contribution in [-0.2, 0) is 4.79 Å². The van der Waals surface area contributed by atoms with Crippen molar-refractivity contribution in [3.8, 4) is 0 Å². The van der Waals surface area contributed by atoms with Gasteiger partial charge in [-0.15, -0.1) is 4.65 Å². The molecule has 2 aliphatic heterocycles. The predicted molar refractivity (Wildman–Crippen MR) is 108 cm³/mol. The van der Waals surface area contributed by atoms with Crippen LogP contribution in [0.3, 0.4) is 0 Å². The Morgan fingerprint density at radius 1 is 0.889 bits per heavy atom. The van der Waals surface area contributed by atoms with E-state index < -0.39 is 5.91 Å². The number of piperidine rings is 2. The first-order chi connectivity index (χ1) is 12.0. The molecule has 4 N–H and O–H groups in total. The summed E-state index contributed by atoms with van der Waals surface area (Å²) in [6, 6.07) is 0. The van der Waals surface area contributed by atoms with Crippen molar-refractivity contribution in [2.75, 3.05) is 0 Å². The Balaban J connectivity index is 0.000000289. The number of amides is 1. The summed E-state index contributed by atoms with van der Waals surface area (Å²) >= 11 is 0. The molecule has 158 valence electrons. The van der Waals surface area contributed by atoms with Gasteiger partial charge in [-0.05, 0) is 81.1 Å². The van der Waals surface area contributed by atoms with Crippen molar-refractivity contribution >= 4 is 5.91 Å². The van der Waals surface area contributed by atoms with E-state index in [1.165, 1.54) is 23.8 Å². The quantitative estimate of drug-likeness (QED) is 0.488. The first-order valence-electron chi connectivity index (χ1n) is 10.1. The summed E-state index contributed by atoms with van der Waals surface area (Å²) in [6.07, 6.45) is 9.13. The molecule has 0 aliphatic carbocycles. The highest BCUT2D eigenvalue weighted by atomic mass is 16.6. The predicted octanol–water partition coefficient (Wildman–Crippen LogP) is 4.35. The lowest BCUT2D eigenvalue weighted by atomic mass is 9.79. The maximum absolute atomic E-state index is 10.8. The van der Waals surface area contributed by atoms with Crippen molar-refractivity contribution < 1.29 is 19.9 Å². The van der Waals surface area contributed by atoms with Gasteiger partial charge >= 0.3 is 0 Å². The zero-order valence-electron chi connectivity index (χ0n) is 18.7. The maximum atomic E-state index is 10.8. The van der Waals surface area contributed by atoms with Crippen LogP contribution in [0.15, 0.2) is 12.3 Å². The Hall–Kier alpha value is -0.950. The van der Waals surface area contributed by atoms with Crippen LogP contribution in [0.4, 0.5) is 0 Å². The third kappa shape index (κ3) is 5.11. The van der Waals surface area contributed by atoms with E-state index in [1.807, 2.05) is 27.7 Å². The minimum absolute atomic E-state index is 0.0399. The van der Waals surface area contributed by atoms with Crippen LogP contribution in [0.1, 0.15) is 93.9 Å². The van der Waals surface area contributed by atoms with Gasteiger partial charge in [0.05, 0.1) is 6.08 Å². The maximum Gasteiger partial charge on any atom is 0.246 e. The van der Waals surface area contributed by atoms with Crippen LogP contribution in [0.25, 0.3) is 0 Å². The second-order valence-electron chi connectivity index (χ2n) is 10.7. The van der Waals surface area contributed by atoms with Crippen LogP contribution < -0.4 is 5.73 Å². The van der Waals surface area contributed by atoms with Gasteiger partial charge in [0.15, 0.2) is 0 Å². The summed E-state index contributed by atoms with van der Waals surface area (Å²) in [6.45, 7) is 16.4. The fourth-order valence-electron chi connectivity index (χ4n) is 4.68. The minimum atomic E-state index is -0.524. The number of rotatable bonds is 2. The van der Waals surface area contributed by atoms with E-state index in [0.29, 0.717) is 0 Å². The molecule has 0 saturated carbocycles. The third-order valence-electron chi connectivity index (χ3n) is 6.60.